The molecule has 0 aliphatic rings. The summed E-state index contributed by atoms with van der Waals surface area (Å²) in [4.78, 5) is 72.6. The molecule has 1 heterocycles. The number of carbonyl (C=O) groups is 6. The zero-order valence-corrected chi connectivity index (χ0v) is 16.1. The van der Waals surface area contributed by atoms with Crippen LogP contribution in [0.15, 0.2) is 18.2 Å². The van der Waals surface area contributed by atoms with Crippen LogP contribution in [-0.2, 0) is 28.5 Å². The Bertz CT molecular complexity index is 761. The minimum Gasteiger partial charge on any atom is -0.451 e. The van der Waals surface area contributed by atoms with E-state index in [0.29, 0.717) is 0 Å². The summed E-state index contributed by atoms with van der Waals surface area (Å²) in [5.74, 6) is -3.96. The Morgan fingerprint density at radius 3 is 1.50 bits per heavy atom. The fourth-order valence-corrected chi connectivity index (χ4v) is 1.71. The first-order chi connectivity index (χ1) is 14.3. The zero-order chi connectivity index (χ0) is 22.5. The molecular weight excluding hydrogens is 406 g/mol. The van der Waals surface area contributed by atoms with E-state index in [2.05, 4.69) is 23.9 Å². The normalized spacial score (nSPS) is 9.67. The van der Waals surface area contributed by atoms with Crippen molar-refractivity contribution in [1.29, 1.82) is 0 Å². The van der Waals surface area contributed by atoms with Gasteiger partial charge in [0.05, 0.1) is 13.2 Å². The van der Waals surface area contributed by atoms with Crippen molar-refractivity contribution < 1.29 is 47.7 Å². The van der Waals surface area contributed by atoms with Crippen LogP contribution in [0.4, 0.5) is 9.59 Å². The van der Waals surface area contributed by atoms with Gasteiger partial charge in [-0.2, -0.15) is 0 Å². The van der Waals surface area contributed by atoms with E-state index in [1.165, 1.54) is 18.2 Å². The molecule has 162 valence electrons. The molecule has 0 atom stereocenters. The Kier molecular flexibility index (Phi) is 9.95. The van der Waals surface area contributed by atoms with Gasteiger partial charge >= 0.3 is 24.1 Å². The van der Waals surface area contributed by atoms with Crippen molar-refractivity contribution >= 4 is 35.9 Å². The van der Waals surface area contributed by atoms with E-state index in [-0.39, 0.29) is 24.6 Å². The number of pyridine rings is 1. The molecule has 0 bridgehead atoms. The highest BCUT2D eigenvalue weighted by atomic mass is 16.6. The summed E-state index contributed by atoms with van der Waals surface area (Å²) in [6.45, 7) is 1.61. The van der Waals surface area contributed by atoms with E-state index in [1.54, 1.807) is 13.8 Å². The molecule has 0 aromatic carbocycles. The molecular formula is C17H19N3O10. The SMILES string of the molecule is CCOC(=O)NC(=O)COC(=O)c1cccc(C(=O)OCC(=O)NC(=O)OCC)n1. The predicted octanol–water partition coefficient (Wildman–Crippen LogP) is -0.0594. The Hall–Kier alpha value is -4.03. The van der Waals surface area contributed by atoms with E-state index in [1.807, 2.05) is 10.6 Å². The Morgan fingerprint density at radius 2 is 1.13 bits per heavy atom. The smallest absolute Gasteiger partial charge is 0.413 e. The molecule has 0 aliphatic carbocycles. The predicted molar refractivity (Wildman–Crippen MR) is 95.1 cm³/mol. The van der Waals surface area contributed by atoms with Gasteiger partial charge in [0.2, 0.25) is 0 Å². The lowest BCUT2D eigenvalue weighted by Crippen LogP contribution is -2.35. The van der Waals surface area contributed by atoms with Crippen molar-refractivity contribution in [2.45, 2.75) is 13.8 Å². The van der Waals surface area contributed by atoms with E-state index in [4.69, 9.17) is 0 Å². The van der Waals surface area contributed by atoms with Gasteiger partial charge in [-0.05, 0) is 26.0 Å². The van der Waals surface area contributed by atoms with Gasteiger partial charge in [-0.15, -0.1) is 0 Å². The van der Waals surface area contributed by atoms with Gasteiger partial charge in [-0.3, -0.25) is 20.2 Å². The molecule has 0 unspecified atom stereocenters. The number of ether oxygens (including phenoxy) is 4. The number of esters is 2. The fraction of sp³-hybridized carbons (Fsp3) is 0.353. The van der Waals surface area contributed by atoms with Crippen molar-refractivity contribution in [3.63, 3.8) is 0 Å². The molecule has 4 amide bonds. The average Bonchev–Trinajstić information content (AvgIpc) is 2.70. The summed E-state index contributed by atoms with van der Waals surface area (Å²) in [7, 11) is 0. The molecule has 0 aliphatic heterocycles. The minimum absolute atomic E-state index is 0.0518. The van der Waals surface area contributed by atoms with E-state index < -0.39 is 49.2 Å². The number of imide groups is 2. The summed E-state index contributed by atoms with van der Waals surface area (Å²) in [6.07, 6.45) is -1.98. The van der Waals surface area contributed by atoms with Crippen molar-refractivity contribution in [2.75, 3.05) is 26.4 Å². The van der Waals surface area contributed by atoms with Gasteiger partial charge in [0.15, 0.2) is 13.2 Å². The van der Waals surface area contributed by atoms with Gasteiger partial charge in [0.25, 0.3) is 11.8 Å². The van der Waals surface area contributed by atoms with Gasteiger partial charge in [0, 0.05) is 0 Å². The summed E-state index contributed by atoms with van der Waals surface area (Å²) >= 11 is 0. The van der Waals surface area contributed by atoms with E-state index in [9.17, 15) is 28.8 Å². The molecule has 0 saturated carbocycles. The fourth-order valence-electron chi connectivity index (χ4n) is 1.71. The molecule has 1 aromatic heterocycles. The second-order valence-electron chi connectivity index (χ2n) is 5.10. The van der Waals surface area contributed by atoms with Crippen LogP contribution in [0, 0.1) is 0 Å². The first-order valence-electron chi connectivity index (χ1n) is 8.51. The van der Waals surface area contributed by atoms with Crippen LogP contribution in [0.25, 0.3) is 0 Å². The van der Waals surface area contributed by atoms with Crippen molar-refractivity contribution in [3.8, 4) is 0 Å². The highest BCUT2D eigenvalue weighted by Gasteiger charge is 2.18. The number of hydrogen-bond acceptors (Lipinski definition) is 11. The van der Waals surface area contributed by atoms with Crippen LogP contribution < -0.4 is 10.6 Å². The highest BCUT2D eigenvalue weighted by molar-refractivity contribution is 5.96. The average molecular weight is 425 g/mol. The van der Waals surface area contributed by atoms with E-state index in [0.717, 1.165) is 0 Å². The standard InChI is InChI=1S/C17H19N3O10/c1-3-27-16(25)19-12(21)8-29-14(23)10-6-5-7-11(18-10)15(24)30-9-13(22)20-17(26)28-4-2/h5-7H,3-4,8-9H2,1-2H3,(H,19,21,25)(H,20,22,26). The third-order valence-electron chi connectivity index (χ3n) is 2.87. The topological polar surface area (TPSA) is 176 Å². The Labute approximate surface area is 170 Å². The van der Waals surface area contributed by atoms with Crippen molar-refractivity contribution in [1.82, 2.24) is 15.6 Å². The number of hydrogen-bond donors (Lipinski definition) is 2. The van der Waals surface area contributed by atoms with Crippen LogP contribution >= 0.6 is 0 Å². The lowest BCUT2D eigenvalue weighted by Gasteiger charge is -2.07. The number of amides is 4. The first kappa shape index (κ1) is 24.0. The summed E-state index contributed by atoms with van der Waals surface area (Å²) in [5, 5.41) is 3.65. The van der Waals surface area contributed by atoms with Gasteiger partial charge in [-0.1, -0.05) is 6.07 Å². The molecule has 1 rings (SSSR count). The second kappa shape index (κ2) is 12.4. The number of aromatic nitrogens is 1. The van der Waals surface area contributed by atoms with Crippen molar-refractivity contribution in [3.05, 3.63) is 29.6 Å². The summed E-state index contributed by atoms with van der Waals surface area (Å²) < 4.78 is 18.3. The number of nitrogens with one attached hydrogen (secondary N) is 2. The minimum atomic E-state index is -1.05. The molecule has 30 heavy (non-hydrogen) atoms. The second-order valence-corrected chi connectivity index (χ2v) is 5.10. The lowest BCUT2D eigenvalue weighted by molar-refractivity contribution is -0.124. The Balaban J connectivity index is 2.56. The molecule has 1 aromatic rings. The van der Waals surface area contributed by atoms with Crippen LogP contribution in [0.3, 0.4) is 0 Å². The van der Waals surface area contributed by atoms with Gasteiger partial charge in [0.1, 0.15) is 11.4 Å². The van der Waals surface area contributed by atoms with Crippen LogP contribution in [0.1, 0.15) is 34.8 Å². The number of alkyl carbamates (subject to hydrolysis) is 2. The third-order valence-corrected chi connectivity index (χ3v) is 2.87. The number of rotatable bonds is 8. The number of nitrogens with zero attached hydrogens (tertiary/aromatic N) is 1. The molecule has 13 nitrogen and oxygen atoms in total. The quantitative estimate of drug-likeness (QED) is 0.421. The Morgan fingerprint density at radius 1 is 0.733 bits per heavy atom. The monoisotopic (exact) mass is 425 g/mol. The third kappa shape index (κ3) is 8.77. The lowest BCUT2D eigenvalue weighted by atomic mass is 10.3. The molecule has 2 N–H and O–H groups in total. The van der Waals surface area contributed by atoms with Crippen LogP contribution in [-0.4, -0.2) is 67.4 Å². The van der Waals surface area contributed by atoms with Crippen molar-refractivity contribution in [2.24, 2.45) is 0 Å². The van der Waals surface area contributed by atoms with Gasteiger partial charge < -0.3 is 18.9 Å². The van der Waals surface area contributed by atoms with E-state index >= 15 is 0 Å². The molecule has 0 saturated heterocycles. The maximum absolute atomic E-state index is 11.9. The maximum Gasteiger partial charge on any atom is 0.413 e. The first-order valence-corrected chi connectivity index (χ1v) is 8.51. The number of carbonyl (C=O) groups excluding carboxylic acids is 6. The van der Waals surface area contributed by atoms with Crippen LogP contribution in [0.2, 0.25) is 0 Å². The molecule has 0 radical (unpaired) electrons. The molecule has 0 spiro atoms. The molecule has 13 heteroatoms. The summed E-state index contributed by atoms with van der Waals surface area (Å²) in [6, 6.07) is 3.70. The maximum atomic E-state index is 11.9. The highest BCUT2D eigenvalue weighted by Crippen LogP contribution is 2.04. The van der Waals surface area contributed by atoms with Crippen LogP contribution in [0.5, 0.6) is 0 Å². The zero-order valence-electron chi connectivity index (χ0n) is 16.1. The van der Waals surface area contributed by atoms with Gasteiger partial charge in [-0.25, -0.2) is 24.2 Å². The largest absolute Gasteiger partial charge is 0.451 e. The summed E-state index contributed by atoms with van der Waals surface area (Å²) in [5.41, 5.74) is -0.659. The molecule has 0 fully saturated rings.